The Balaban J connectivity index is 0. The quantitative estimate of drug-likeness (QED) is 0.253. The Hall–Kier alpha value is -0.750. The molecule has 0 radical (unpaired) electrons. The van der Waals surface area contributed by atoms with Gasteiger partial charge < -0.3 is 11.1 Å². The molecule has 0 aromatic carbocycles. The number of nitrogens with zero attached hydrogens (tertiary/aromatic N) is 7. The summed E-state index contributed by atoms with van der Waals surface area (Å²) in [4.78, 5) is 8.19. The molecule has 0 bridgehead atoms. The average Bonchev–Trinajstić information content (AvgIpc) is 2.16. The fourth-order valence-corrected chi connectivity index (χ4v) is 1.02. The molecular weight excluding hydrogens is 273 g/mol. The van der Waals surface area contributed by atoms with Crippen LogP contribution in [0.15, 0.2) is 27.9 Å². The largest absolute Gasteiger partial charge is 1.00 e. The summed E-state index contributed by atoms with van der Waals surface area (Å²) in [6, 6.07) is 5.47. The van der Waals surface area contributed by atoms with E-state index in [2.05, 4.69) is 30.9 Å². The van der Waals surface area contributed by atoms with E-state index in [1.54, 1.807) is 6.07 Å². The number of hydrogen-bond donors (Lipinski definition) is 0. The molecule has 0 atom stereocenters. The van der Waals surface area contributed by atoms with E-state index >= 15 is 0 Å². The van der Waals surface area contributed by atoms with Gasteiger partial charge in [-0.15, -0.1) is 0 Å². The van der Waals surface area contributed by atoms with Crippen LogP contribution in [-0.2, 0) is 6.54 Å². The van der Waals surface area contributed by atoms with Gasteiger partial charge in [-0.1, -0.05) is 11.2 Å². The van der Waals surface area contributed by atoms with Crippen LogP contribution in [0.4, 0.5) is 0 Å². The first-order valence-corrected chi connectivity index (χ1v) is 4.14. The molecule has 0 amide bonds. The zero-order valence-corrected chi connectivity index (χ0v) is 11.5. The summed E-state index contributed by atoms with van der Waals surface area (Å²) in [7, 11) is 0. The molecule has 0 saturated carbocycles. The van der Waals surface area contributed by atoms with Crippen LogP contribution >= 0.6 is 15.9 Å². The van der Waals surface area contributed by atoms with E-state index in [0.29, 0.717) is 6.54 Å². The number of pyridine rings is 1. The van der Waals surface area contributed by atoms with Gasteiger partial charge in [-0.05, 0) is 33.6 Å². The Morgan fingerprint density at radius 2 is 1.93 bits per heavy atom. The molecule has 1 rings (SSSR count). The number of aromatic nitrogens is 1. The smallest absolute Gasteiger partial charge is 0.373 e. The van der Waals surface area contributed by atoms with Crippen molar-refractivity contribution in [3.05, 3.63) is 54.9 Å². The molecule has 0 saturated heterocycles. The second-order valence-corrected chi connectivity index (χ2v) is 2.74. The van der Waals surface area contributed by atoms with Crippen molar-refractivity contribution in [2.24, 2.45) is 5.11 Å². The minimum atomic E-state index is 0. The Labute approximate surface area is 116 Å². The Bertz CT molecular complexity index is 369. The van der Waals surface area contributed by atoms with Crippen molar-refractivity contribution >= 4 is 15.9 Å². The zero-order chi connectivity index (χ0) is 10.8. The summed E-state index contributed by atoms with van der Waals surface area (Å²) in [5, 5.41) is 3.38. The number of hydrogen-bond acceptors (Lipinski definition) is 2. The predicted octanol–water partition coefficient (Wildman–Crippen LogP) is 0.524. The van der Waals surface area contributed by atoms with Gasteiger partial charge in [0.1, 0.15) is 4.60 Å². The van der Waals surface area contributed by atoms with Crippen LogP contribution < -0.4 is 29.6 Å². The van der Waals surface area contributed by atoms with Gasteiger partial charge in [0.05, 0.1) is 6.54 Å². The third-order valence-corrected chi connectivity index (χ3v) is 1.51. The van der Waals surface area contributed by atoms with Crippen LogP contribution in [0.3, 0.4) is 0 Å². The van der Waals surface area contributed by atoms with E-state index in [1.165, 1.54) is 4.91 Å². The van der Waals surface area contributed by atoms with Gasteiger partial charge in [-0.2, -0.15) is 0 Å². The SMILES string of the molecule is [N-]=[N+]=NCc1cccc(Br)n1.[N-]=[N+]=[N-].[Na+]. The van der Waals surface area contributed by atoms with E-state index < -0.39 is 0 Å². The molecule has 9 heteroatoms. The summed E-state index contributed by atoms with van der Waals surface area (Å²) in [5.74, 6) is 0. The van der Waals surface area contributed by atoms with Gasteiger partial charge in [-0.3, -0.25) is 4.91 Å². The van der Waals surface area contributed by atoms with Crippen molar-refractivity contribution in [2.75, 3.05) is 0 Å². The first kappa shape index (κ1) is 16.7. The summed E-state index contributed by atoms with van der Waals surface area (Å²) >= 11 is 3.21. The fourth-order valence-electron chi connectivity index (χ4n) is 0.642. The number of rotatable bonds is 2. The molecule has 0 fully saturated rings. The van der Waals surface area contributed by atoms with Crippen LogP contribution in [0.1, 0.15) is 5.69 Å². The first-order chi connectivity index (χ1) is 6.74. The van der Waals surface area contributed by atoms with E-state index in [9.17, 15) is 0 Å². The summed E-state index contributed by atoms with van der Waals surface area (Å²) < 4.78 is 0.753. The standard InChI is InChI=1S/C6H5BrN4.N3.Na/c7-6-3-1-2-5(10-6)4-9-11-8;1-3-2;/h1-3H,4H2;;/q;-1;+1. The second kappa shape index (κ2) is 11.3. The molecule has 1 heterocycles. The second-order valence-electron chi connectivity index (χ2n) is 1.93. The topological polar surface area (TPSA) is 120 Å². The molecule has 15 heavy (non-hydrogen) atoms. The van der Waals surface area contributed by atoms with Crippen molar-refractivity contribution in [1.29, 1.82) is 0 Å². The molecule has 0 N–H and O–H groups in total. The van der Waals surface area contributed by atoms with Crippen molar-refractivity contribution in [2.45, 2.75) is 6.54 Å². The van der Waals surface area contributed by atoms with E-state index in [0.717, 1.165) is 10.3 Å². The Morgan fingerprint density at radius 3 is 2.40 bits per heavy atom. The minimum absolute atomic E-state index is 0. The van der Waals surface area contributed by atoms with Gasteiger partial charge in [0.25, 0.3) is 0 Å². The fraction of sp³-hybridized carbons (Fsp3) is 0.167. The Morgan fingerprint density at radius 1 is 1.33 bits per heavy atom. The van der Waals surface area contributed by atoms with Crippen LogP contribution in [-0.4, -0.2) is 4.98 Å². The molecule has 1 aromatic heterocycles. The van der Waals surface area contributed by atoms with Gasteiger partial charge in [0, 0.05) is 10.6 Å². The monoisotopic (exact) mass is 277 g/mol. The van der Waals surface area contributed by atoms with Crippen LogP contribution in [0.5, 0.6) is 0 Å². The molecule has 0 aliphatic rings. The maximum absolute atomic E-state index is 8.02. The van der Waals surface area contributed by atoms with Crippen molar-refractivity contribution in [3.63, 3.8) is 0 Å². The van der Waals surface area contributed by atoms with Gasteiger partial charge in [0.2, 0.25) is 0 Å². The third kappa shape index (κ3) is 9.55. The van der Waals surface area contributed by atoms with Crippen molar-refractivity contribution in [3.8, 4) is 0 Å². The van der Waals surface area contributed by atoms with Crippen molar-refractivity contribution < 1.29 is 29.6 Å². The minimum Gasteiger partial charge on any atom is -0.373 e. The maximum atomic E-state index is 8.02. The number of azide groups is 1. The van der Waals surface area contributed by atoms with Gasteiger partial charge in [0.15, 0.2) is 0 Å². The molecule has 1 aromatic rings. The average molecular weight is 278 g/mol. The molecule has 0 spiro atoms. The molecular formula is C6H5BrN7Na. The summed E-state index contributed by atoms with van der Waals surface area (Å²) in [6.07, 6.45) is 0. The normalized spacial score (nSPS) is 7.00. The van der Waals surface area contributed by atoms with E-state index in [-0.39, 0.29) is 29.6 Å². The first-order valence-electron chi connectivity index (χ1n) is 3.35. The molecule has 72 valence electrons. The van der Waals surface area contributed by atoms with Crippen LogP contribution in [0.2, 0.25) is 0 Å². The van der Waals surface area contributed by atoms with Gasteiger partial charge in [-0.25, -0.2) is 4.98 Å². The third-order valence-electron chi connectivity index (χ3n) is 1.07. The maximum Gasteiger partial charge on any atom is 1.00 e. The molecule has 0 aliphatic carbocycles. The Kier molecular flexibility index (Phi) is 12.6. The van der Waals surface area contributed by atoms with Crippen LogP contribution in [0.25, 0.3) is 26.4 Å². The summed E-state index contributed by atoms with van der Waals surface area (Å²) in [6.45, 7) is 0.302. The summed E-state index contributed by atoms with van der Waals surface area (Å²) in [5.41, 5.74) is 22.3. The molecule has 0 unspecified atom stereocenters. The van der Waals surface area contributed by atoms with Crippen molar-refractivity contribution in [1.82, 2.24) is 4.98 Å². The molecule has 7 nitrogen and oxygen atoms in total. The predicted molar refractivity (Wildman–Crippen MR) is 54.9 cm³/mol. The molecule has 0 aliphatic heterocycles. The number of halogens is 1. The van der Waals surface area contributed by atoms with Crippen LogP contribution in [0, 0.1) is 0 Å². The zero-order valence-electron chi connectivity index (χ0n) is 7.95. The van der Waals surface area contributed by atoms with E-state index in [4.69, 9.17) is 16.6 Å². The van der Waals surface area contributed by atoms with Gasteiger partial charge >= 0.3 is 29.6 Å². The van der Waals surface area contributed by atoms with E-state index in [1.807, 2.05) is 12.1 Å².